The third-order valence-electron chi connectivity index (χ3n) is 2.26. The molecular formula is C11H9ClF2N2O4. The van der Waals surface area contributed by atoms with Crippen molar-refractivity contribution in [3.63, 3.8) is 0 Å². The van der Waals surface area contributed by atoms with Crippen LogP contribution in [0.5, 0.6) is 0 Å². The smallest absolute Gasteiger partial charge is 0.326 e. The Hall–Kier alpha value is -2.22. The number of benzene rings is 1. The molecule has 0 heterocycles. The van der Waals surface area contributed by atoms with Crippen LogP contribution in [-0.4, -0.2) is 28.9 Å². The van der Waals surface area contributed by atoms with Gasteiger partial charge in [0.2, 0.25) is 5.91 Å². The highest BCUT2D eigenvalue weighted by atomic mass is 35.5. The Morgan fingerprint density at radius 2 is 1.90 bits per heavy atom. The first-order valence-corrected chi connectivity index (χ1v) is 5.56. The van der Waals surface area contributed by atoms with Crippen molar-refractivity contribution in [2.24, 2.45) is 5.73 Å². The second-order valence-corrected chi connectivity index (χ2v) is 4.19. The van der Waals surface area contributed by atoms with Crippen molar-refractivity contribution in [3.05, 3.63) is 34.4 Å². The third kappa shape index (κ3) is 3.89. The summed E-state index contributed by atoms with van der Waals surface area (Å²) >= 11 is 5.31. The lowest BCUT2D eigenvalue weighted by molar-refractivity contribution is -0.140. The van der Waals surface area contributed by atoms with E-state index in [0.29, 0.717) is 12.1 Å². The molecule has 108 valence electrons. The van der Waals surface area contributed by atoms with Crippen LogP contribution in [0.1, 0.15) is 16.8 Å². The molecule has 6 nitrogen and oxygen atoms in total. The molecule has 0 radical (unpaired) electrons. The number of rotatable bonds is 5. The minimum absolute atomic E-state index is 0.522. The van der Waals surface area contributed by atoms with Gasteiger partial charge in [-0.05, 0) is 12.1 Å². The maximum Gasteiger partial charge on any atom is 0.326 e. The summed E-state index contributed by atoms with van der Waals surface area (Å²) in [4.78, 5) is 33.1. The van der Waals surface area contributed by atoms with Crippen molar-refractivity contribution >= 4 is 29.4 Å². The van der Waals surface area contributed by atoms with E-state index in [1.165, 1.54) is 0 Å². The van der Waals surface area contributed by atoms with Gasteiger partial charge < -0.3 is 16.2 Å². The second-order valence-electron chi connectivity index (χ2n) is 3.78. The molecule has 0 unspecified atom stereocenters. The van der Waals surface area contributed by atoms with E-state index in [1.807, 2.05) is 5.32 Å². The van der Waals surface area contributed by atoms with Gasteiger partial charge in [-0.15, -0.1) is 0 Å². The van der Waals surface area contributed by atoms with E-state index >= 15 is 0 Å². The van der Waals surface area contributed by atoms with E-state index in [4.69, 9.17) is 22.4 Å². The largest absolute Gasteiger partial charge is 0.480 e. The van der Waals surface area contributed by atoms with Crippen LogP contribution < -0.4 is 11.1 Å². The number of aliphatic carboxylic acids is 1. The van der Waals surface area contributed by atoms with Gasteiger partial charge in [0.15, 0.2) is 0 Å². The third-order valence-corrected chi connectivity index (χ3v) is 2.55. The summed E-state index contributed by atoms with van der Waals surface area (Å²) in [6.07, 6.45) is -0.682. The molecule has 0 aliphatic heterocycles. The van der Waals surface area contributed by atoms with Crippen LogP contribution in [0.2, 0.25) is 5.02 Å². The molecule has 0 aliphatic carbocycles. The van der Waals surface area contributed by atoms with Gasteiger partial charge in [0.25, 0.3) is 5.91 Å². The fourth-order valence-electron chi connectivity index (χ4n) is 1.33. The van der Waals surface area contributed by atoms with Crippen LogP contribution in [0.15, 0.2) is 12.1 Å². The molecule has 20 heavy (non-hydrogen) atoms. The normalized spacial score (nSPS) is 11.8. The molecule has 2 amide bonds. The number of nitrogens with two attached hydrogens (primary N) is 1. The van der Waals surface area contributed by atoms with Crippen LogP contribution in [0.3, 0.4) is 0 Å². The van der Waals surface area contributed by atoms with Crippen molar-refractivity contribution in [2.75, 3.05) is 0 Å². The zero-order valence-corrected chi connectivity index (χ0v) is 10.6. The van der Waals surface area contributed by atoms with Gasteiger partial charge in [-0.25, -0.2) is 13.6 Å². The fraction of sp³-hybridized carbons (Fsp3) is 0.182. The lowest BCUT2D eigenvalue weighted by atomic mass is 10.1. The molecule has 0 saturated heterocycles. The standard InChI is InChI=1S/C11H9ClF2N2O4/c12-5-2-6(13)4(1-7(5)14)10(18)16-8(11(19)20)3-9(15)17/h1-2,8H,3H2,(H2,15,17)(H,16,18)(H,19,20)/t8-/m1/s1. The zero-order chi connectivity index (χ0) is 15.4. The maximum atomic E-state index is 13.4. The molecule has 1 aromatic rings. The first kappa shape index (κ1) is 15.8. The van der Waals surface area contributed by atoms with Gasteiger partial charge in [0, 0.05) is 0 Å². The quantitative estimate of drug-likeness (QED) is 0.695. The summed E-state index contributed by atoms with van der Waals surface area (Å²) in [7, 11) is 0. The number of carbonyl (C=O) groups is 3. The van der Waals surface area contributed by atoms with E-state index < -0.39 is 52.5 Å². The second kappa shape index (κ2) is 6.29. The van der Waals surface area contributed by atoms with Crippen molar-refractivity contribution in [1.82, 2.24) is 5.32 Å². The van der Waals surface area contributed by atoms with Crippen molar-refractivity contribution in [3.8, 4) is 0 Å². The molecule has 0 aliphatic rings. The van der Waals surface area contributed by atoms with Gasteiger partial charge in [-0.1, -0.05) is 11.6 Å². The minimum atomic E-state index is -1.64. The zero-order valence-electron chi connectivity index (χ0n) is 9.82. The molecule has 1 rings (SSSR count). The lowest BCUT2D eigenvalue weighted by Gasteiger charge is -2.13. The summed E-state index contributed by atoms with van der Waals surface area (Å²) in [6, 6.07) is -0.538. The monoisotopic (exact) mass is 306 g/mol. The molecular weight excluding hydrogens is 298 g/mol. The highest BCUT2D eigenvalue weighted by Crippen LogP contribution is 2.19. The molecule has 0 spiro atoms. The number of amides is 2. The van der Waals surface area contributed by atoms with Crippen molar-refractivity contribution < 1.29 is 28.3 Å². The molecule has 4 N–H and O–H groups in total. The van der Waals surface area contributed by atoms with E-state index in [1.54, 1.807) is 0 Å². The lowest BCUT2D eigenvalue weighted by Crippen LogP contribution is -2.43. The first-order valence-electron chi connectivity index (χ1n) is 5.19. The summed E-state index contributed by atoms with van der Waals surface area (Å²) in [5.41, 5.74) is 4.08. The number of primary amides is 1. The molecule has 0 aromatic heterocycles. The Kier molecular flexibility index (Phi) is 4.98. The van der Waals surface area contributed by atoms with Gasteiger partial charge in [-0.2, -0.15) is 0 Å². The number of carboxylic acid groups (broad SMARTS) is 1. The Bertz CT molecular complexity index is 580. The first-order chi connectivity index (χ1) is 9.22. The predicted octanol–water partition coefficient (Wildman–Crippen LogP) is 0.677. The Morgan fingerprint density at radius 3 is 2.40 bits per heavy atom. The van der Waals surface area contributed by atoms with Crippen LogP contribution in [0, 0.1) is 11.6 Å². The number of carbonyl (C=O) groups excluding carboxylic acids is 2. The van der Waals surface area contributed by atoms with Crippen molar-refractivity contribution in [2.45, 2.75) is 12.5 Å². The van der Waals surface area contributed by atoms with Gasteiger partial charge in [0.05, 0.1) is 17.0 Å². The number of hydrogen-bond acceptors (Lipinski definition) is 3. The van der Waals surface area contributed by atoms with Crippen LogP contribution in [0.25, 0.3) is 0 Å². The van der Waals surface area contributed by atoms with E-state index in [0.717, 1.165) is 0 Å². The molecule has 0 bridgehead atoms. The van der Waals surface area contributed by atoms with E-state index in [9.17, 15) is 23.2 Å². The molecule has 0 saturated carbocycles. The molecule has 1 aromatic carbocycles. The van der Waals surface area contributed by atoms with Crippen LogP contribution in [0.4, 0.5) is 8.78 Å². The van der Waals surface area contributed by atoms with Gasteiger partial charge >= 0.3 is 5.97 Å². The Balaban J connectivity index is 2.97. The van der Waals surface area contributed by atoms with Crippen molar-refractivity contribution in [1.29, 1.82) is 0 Å². The molecule has 1 atom stereocenters. The van der Waals surface area contributed by atoms with Crippen LogP contribution in [-0.2, 0) is 9.59 Å². The fourth-order valence-corrected chi connectivity index (χ4v) is 1.48. The molecule has 0 fully saturated rings. The van der Waals surface area contributed by atoms with Gasteiger partial charge in [0.1, 0.15) is 17.7 Å². The minimum Gasteiger partial charge on any atom is -0.480 e. The van der Waals surface area contributed by atoms with Crippen LogP contribution >= 0.6 is 11.6 Å². The SMILES string of the molecule is NC(=O)C[C@@H](NC(=O)c1cc(F)c(Cl)cc1F)C(=O)O. The highest BCUT2D eigenvalue weighted by molar-refractivity contribution is 6.30. The number of nitrogens with one attached hydrogen (secondary N) is 1. The summed E-state index contributed by atoms with van der Waals surface area (Å²) < 4.78 is 26.6. The highest BCUT2D eigenvalue weighted by Gasteiger charge is 2.24. The predicted molar refractivity (Wildman–Crippen MR) is 64.1 cm³/mol. The summed E-state index contributed by atoms with van der Waals surface area (Å²) in [5.74, 6) is -5.88. The summed E-state index contributed by atoms with van der Waals surface area (Å²) in [6.45, 7) is 0. The van der Waals surface area contributed by atoms with E-state index in [-0.39, 0.29) is 0 Å². The summed E-state index contributed by atoms with van der Waals surface area (Å²) in [5, 5.41) is 10.1. The average molecular weight is 307 g/mol. The topological polar surface area (TPSA) is 109 Å². The average Bonchev–Trinajstić information content (AvgIpc) is 2.32. The Labute approximate surface area is 116 Å². The number of hydrogen-bond donors (Lipinski definition) is 3. The number of halogens is 3. The van der Waals surface area contributed by atoms with Gasteiger partial charge in [-0.3, -0.25) is 9.59 Å². The maximum absolute atomic E-state index is 13.4. The molecule has 9 heteroatoms. The Morgan fingerprint density at radius 1 is 1.30 bits per heavy atom. The number of carboxylic acids is 1. The van der Waals surface area contributed by atoms with E-state index in [2.05, 4.69) is 0 Å².